The van der Waals surface area contributed by atoms with Crippen LogP contribution in [0.2, 0.25) is 0 Å². The van der Waals surface area contributed by atoms with Gasteiger partial charge in [-0.1, -0.05) is 45.0 Å². The first-order chi connectivity index (χ1) is 15.2. The molecule has 184 valence electrons. The molecule has 1 aromatic heterocycles. The topological polar surface area (TPSA) is 74.9 Å². The average molecular weight is 570 g/mol. The summed E-state index contributed by atoms with van der Waals surface area (Å²) in [6.45, 7) is 17.5. The third-order valence-electron chi connectivity index (χ3n) is 5.39. The van der Waals surface area contributed by atoms with Gasteiger partial charge in [-0.25, -0.2) is 9.98 Å². The lowest BCUT2D eigenvalue weighted by Crippen LogP contribution is -2.44. The van der Waals surface area contributed by atoms with Gasteiger partial charge >= 0.3 is 0 Å². The maximum Gasteiger partial charge on any atom is 0.213 e. The number of hydrogen-bond acceptors (Lipinski definition) is 5. The molecule has 0 amide bonds. The van der Waals surface area contributed by atoms with Gasteiger partial charge in [0.05, 0.1) is 31.5 Å². The van der Waals surface area contributed by atoms with Crippen LogP contribution in [-0.2, 0) is 29.8 Å². The second kappa shape index (κ2) is 12.7. The van der Waals surface area contributed by atoms with E-state index in [4.69, 9.17) is 14.1 Å². The fraction of sp³-hybridized carbons (Fsp3) is 0.600. The molecule has 33 heavy (non-hydrogen) atoms. The van der Waals surface area contributed by atoms with Crippen molar-refractivity contribution >= 4 is 29.9 Å². The molecule has 1 saturated heterocycles. The number of ether oxygens (including phenoxy) is 1. The minimum Gasteiger partial charge on any atom is -0.443 e. The van der Waals surface area contributed by atoms with Crippen LogP contribution < -0.4 is 10.6 Å². The Kier molecular flexibility index (Phi) is 10.6. The second-order valence-electron chi connectivity index (χ2n) is 9.68. The lowest BCUT2D eigenvalue weighted by atomic mass is 9.94. The van der Waals surface area contributed by atoms with Gasteiger partial charge in [0.2, 0.25) is 5.89 Å². The number of nitrogens with one attached hydrogen (secondary N) is 2. The number of rotatable bonds is 7. The normalized spacial score (nSPS) is 19.8. The van der Waals surface area contributed by atoms with Crippen LogP contribution in [0.15, 0.2) is 39.9 Å². The number of morpholine rings is 1. The van der Waals surface area contributed by atoms with Crippen molar-refractivity contribution in [2.45, 2.75) is 78.8 Å². The number of nitrogens with zero attached hydrogens (tertiary/aromatic N) is 3. The molecule has 0 bridgehead atoms. The van der Waals surface area contributed by atoms with Crippen molar-refractivity contribution in [3.05, 3.63) is 53.2 Å². The van der Waals surface area contributed by atoms with E-state index in [2.05, 4.69) is 86.3 Å². The van der Waals surface area contributed by atoms with Crippen molar-refractivity contribution < 1.29 is 9.15 Å². The van der Waals surface area contributed by atoms with Gasteiger partial charge in [-0.05, 0) is 31.9 Å². The molecule has 2 heterocycles. The van der Waals surface area contributed by atoms with Crippen molar-refractivity contribution in [2.24, 2.45) is 4.99 Å². The van der Waals surface area contributed by atoms with E-state index in [1.807, 2.05) is 0 Å². The second-order valence-corrected chi connectivity index (χ2v) is 9.68. The van der Waals surface area contributed by atoms with E-state index in [1.165, 1.54) is 11.1 Å². The molecule has 7 nitrogen and oxygen atoms in total. The van der Waals surface area contributed by atoms with Gasteiger partial charge in [-0.3, -0.25) is 4.90 Å². The van der Waals surface area contributed by atoms with Crippen molar-refractivity contribution in [1.82, 2.24) is 20.5 Å². The first-order valence-electron chi connectivity index (χ1n) is 11.7. The number of halogens is 1. The van der Waals surface area contributed by atoms with Crippen LogP contribution in [0.3, 0.4) is 0 Å². The molecule has 2 N–H and O–H groups in total. The molecule has 1 aliphatic rings. The third kappa shape index (κ3) is 8.90. The number of aromatic nitrogens is 1. The molecular formula is C25H40IN5O2. The number of guanidine groups is 1. The van der Waals surface area contributed by atoms with Gasteiger partial charge in [-0.2, -0.15) is 0 Å². The van der Waals surface area contributed by atoms with E-state index >= 15 is 0 Å². The first-order valence-corrected chi connectivity index (χ1v) is 11.7. The predicted octanol–water partition coefficient (Wildman–Crippen LogP) is 4.45. The Morgan fingerprint density at radius 1 is 1.09 bits per heavy atom. The maximum atomic E-state index is 5.86. The van der Waals surface area contributed by atoms with Crippen LogP contribution in [-0.4, -0.2) is 47.7 Å². The van der Waals surface area contributed by atoms with Gasteiger partial charge in [0.15, 0.2) is 5.96 Å². The SMILES string of the molecule is CCNC(=NCc1ccc(CN2CC(C)OC(C)C2)cc1)NCc1ncc(C(C)(C)C)o1.I. The van der Waals surface area contributed by atoms with Crippen molar-refractivity contribution in [3.63, 3.8) is 0 Å². The van der Waals surface area contributed by atoms with Crippen LogP contribution in [0, 0.1) is 0 Å². The molecule has 1 fully saturated rings. The van der Waals surface area contributed by atoms with Crippen LogP contribution in [0.4, 0.5) is 0 Å². The van der Waals surface area contributed by atoms with Gasteiger partial charge in [0, 0.05) is 31.6 Å². The summed E-state index contributed by atoms with van der Waals surface area (Å²) in [5.41, 5.74) is 2.46. The molecule has 0 radical (unpaired) electrons. The summed E-state index contributed by atoms with van der Waals surface area (Å²) in [6, 6.07) is 8.74. The lowest BCUT2D eigenvalue weighted by molar-refractivity contribution is -0.0704. The van der Waals surface area contributed by atoms with Gasteiger partial charge in [-0.15, -0.1) is 24.0 Å². The zero-order chi connectivity index (χ0) is 23.1. The molecule has 8 heteroatoms. The molecule has 0 aliphatic carbocycles. The standard InChI is InChI=1S/C25H39N5O2.HI/c1-7-26-24(29-14-23-27-13-22(32-23)25(4,5)6)28-12-20-8-10-21(11-9-20)17-30-15-18(2)31-19(3)16-30;/h8-11,13,18-19H,7,12,14-17H2,1-6H3,(H2,26,28,29);1H. The van der Waals surface area contributed by atoms with E-state index in [0.29, 0.717) is 31.2 Å². The Morgan fingerprint density at radius 2 is 1.73 bits per heavy atom. The Hall–Kier alpha value is -1.65. The summed E-state index contributed by atoms with van der Waals surface area (Å²) in [7, 11) is 0. The summed E-state index contributed by atoms with van der Waals surface area (Å²) >= 11 is 0. The molecular weight excluding hydrogens is 529 g/mol. The largest absolute Gasteiger partial charge is 0.443 e. The Morgan fingerprint density at radius 3 is 2.30 bits per heavy atom. The molecule has 0 saturated carbocycles. The number of aliphatic imine (C=N–C) groups is 1. The van der Waals surface area contributed by atoms with Crippen LogP contribution in [0.1, 0.15) is 64.3 Å². The minimum atomic E-state index is -0.0473. The summed E-state index contributed by atoms with van der Waals surface area (Å²) in [4.78, 5) is 11.6. The molecule has 2 unspecified atom stereocenters. The van der Waals surface area contributed by atoms with E-state index < -0.39 is 0 Å². The van der Waals surface area contributed by atoms with E-state index in [0.717, 1.165) is 37.9 Å². The van der Waals surface area contributed by atoms with Crippen molar-refractivity contribution in [3.8, 4) is 0 Å². The molecule has 1 aliphatic heterocycles. The predicted molar refractivity (Wildman–Crippen MR) is 144 cm³/mol. The summed E-state index contributed by atoms with van der Waals surface area (Å²) < 4.78 is 11.7. The molecule has 0 spiro atoms. The zero-order valence-corrected chi connectivity index (χ0v) is 23.2. The highest BCUT2D eigenvalue weighted by Crippen LogP contribution is 2.22. The van der Waals surface area contributed by atoms with Crippen molar-refractivity contribution in [2.75, 3.05) is 19.6 Å². The van der Waals surface area contributed by atoms with Gasteiger partial charge in [0.25, 0.3) is 0 Å². The van der Waals surface area contributed by atoms with Gasteiger partial charge in [0.1, 0.15) is 5.76 Å². The average Bonchev–Trinajstić information content (AvgIpc) is 3.20. The molecule has 3 rings (SSSR count). The quantitative estimate of drug-likeness (QED) is 0.292. The van der Waals surface area contributed by atoms with E-state index in [-0.39, 0.29) is 29.4 Å². The molecule has 1 aromatic carbocycles. The summed E-state index contributed by atoms with van der Waals surface area (Å²) in [5.74, 6) is 2.30. The monoisotopic (exact) mass is 569 g/mol. The Labute approximate surface area is 215 Å². The van der Waals surface area contributed by atoms with Crippen LogP contribution >= 0.6 is 24.0 Å². The maximum absolute atomic E-state index is 5.86. The summed E-state index contributed by atoms with van der Waals surface area (Å²) in [5, 5.41) is 6.59. The van der Waals surface area contributed by atoms with E-state index in [1.54, 1.807) is 6.20 Å². The fourth-order valence-corrected chi connectivity index (χ4v) is 3.83. The molecule has 2 atom stereocenters. The molecule has 2 aromatic rings. The third-order valence-corrected chi connectivity index (χ3v) is 5.39. The Balaban J connectivity index is 0.00000385. The van der Waals surface area contributed by atoms with E-state index in [9.17, 15) is 0 Å². The van der Waals surface area contributed by atoms with Crippen LogP contribution in [0.25, 0.3) is 0 Å². The smallest absolute Gasteiger partial charge is 0.213 e. The fourth-order valence-electron chi connectivity index (χ4n) is 3.83. The van der Waals surface area contributed by atoms with Crippen LogP contribution in [0.5, 0.6) is 0 Å². The number of benzene rings is 1. The number of hydrogen-bond donors (Lipinski definition) is 2. The zero-order valence-electron chi connectivity index (χ0n) is 20.9. The lowest BCUT2D eigenvalue weighted by Gasteiger charge is -2.35. The first kappa shape index (κ1) is 27.6. The minimum absolute atomic E-state index is 0. The van der Waals surface area contributed by atoms with Gasteiger partial charge < -0.3 is 19.8 Å². The highest BCUT2D eigenvalue weighted by Gasteiger charge is 2.22. The Bertz CT molecular complexity index is 866. The number of oxazole rings is 1. The highest BCUT2D eigenvalue weighted by atomic mass is 127. The highest BCUT2D eigenvalue weighted by molar-refractivity contribution is 14.0. The summed E-state index contributed by atoms with van der Waals surface area (Å²) in [6.07, 6.45) is 2.39. The van der Waals surface area contributed by atoms with Crippen molar-refractivity contribution in [1.29, 1.82) is 0 Å².